The van der Waals surface area contributed by atoms with Gasteiger partial charge < -0.3 is 14.8 Å². The maximum Gasteiger partial charge on any atom is 0.255 e. The van der Waals surface area contributed by atoms with Crippen LogP contribution in [0, 0.1) is 11.3 Å². The van der Waals surface area contributed by atoms with Crippen LogP contribution in [0.1, 0.15) is 28.4 Å². The Morgan fingerprint density at radius 2 is 1.89 bits per heavy atom. The van der Waals surface area contributed by atoms with Gasteiger partial charge in [-0.05, 0) is 61.0 Å². The molecule has 1 heterocycles. The predicted molar refractivity (Wildman–Crippen MR) is 105 cm³/mol. The lowest BCUT2D eigenvalue weighted by Crippen LogP contribution is -2.12. The fourth-order valence-corrected chi connectivity index (χ4v) is 2.55. The highest BCUT2D eigenvalue weighted by Gasteiger charge is 2.12. The minimum atomic E-state index is -0.295. The van der Waals surface area contributed by atoms with Gasteiger partial charge in [0.2, 0.25) is 0 Å². The molecule has 1 aromatic heterocycles. The molecule has 6 nitrogen and oxygen atoms in total. The van der Waals surface area contributed by atoms with Crippen molar-refractivity contribution < 1.29 is 14.3 Å². The third kappa shape index (κ3) is 4.86. The number of carbonyl (C=O) groups is 1. The lowest BCUT2D eigenvalue weighted by Gasteiger charge is -2.13. The van der Waals surface area contributed by atoms with Crippen molar-refractivity contribution in [3.8, 4) is 17.6 Å². The van der Waals surface area contributed by atoms with Crippen LogP contribution in [0.5, 0.6) is 11.5 Å². The maximum atomic E-state index is 12.6. The Bertz CT molecular complexity index is 997. The minimum Gasteiger partial charge on any atom is -0.490 e. The first-order chi connectivity index (χ1) is 13.7. The van der Waals surface area contributed by atoms with Crippen molar-refractivity contribution in [2.75, 3.05) is 11.9 Å². The van der Waals surface area contributed by atoms with E-state index in [1.165, 1.54) is 0 Å². The Balaban J connectivity index is 1.75. The number of anilines is 1. The second kappa shape index (κ2) is 9.19. The Morgan fingerprint density at radius 1 is 1.07 bits per heavy atom. The lowest BCUT2D eigenvalue weighted by molar-refractivity contribution is 0.102. The Kier molecular flexibility index (Phi) is 6.21. The van der Waals surface area contributed by atoms with Gasteiger partial charge in [-0.1, -0.05) is 6.07 Å². The van der Waals surface area contributed by atoms with Crippen LogP contribution in [-0.4, -0.2) is 17.5 Å². The Labute approximate surface area is 163 Å². The number of ether oxygens (including phenoxy) is 2. The number of nitrogens with one attached hydrogen (secondary N) is 1. The molecule has 0 atom stereocenters. The van der Waals surface area contributed by atoms with Gasteiger partial charge >= 0.3 is 0 Å². The molecule has 28 heavy (non-hydrogen) atoms. The number of pyridine rings is 1. The van der Waals surface area contributed by atoms with Crippen LogP contribution in [0.3, 0.4) is 0 Å². The van der Waals surface area contributed by atoms with E-state index in [1.54, 1.807) is 54.9 Å². The van der Waals surface area contributed by atoms with Crippen LogP contribution >= 0.6 is 0 Å². The van der Waals surface area contributed by atoms with Crippen molar-refractivity contribution in [3.05, 3.63) is 83.7 Å². The van der Waals surface area contributed by atoms with Gasteiger partial charge in [0, 0.05) is 23.6 Å². The second-order valence-corrected chi connectivity index (χ2v) is 5.89. The number of hydrogen-bond acceptors (Lipinski definition) is 5. The van der Waals surface area contributed by atoms with Crippen molar-refractivity contribution >= 4 is 11.6 Å². The summed E-state index contributed by atoms with van der Waals surface area (Å²) < 4.78 is 11.5. The molecular weight excluding hydrogens is 354 g/mol. The summed E-state index contributed by atoms with van der Waals surface area (Å²) in [5.74, 6) is 0.758. The molecule has 0 bridgehead atoms. The van der Waals surface area contributed by atoms with Crippen LogP contribution in [0.25, 0.3) is 0 Å². The third-order valence-electron chi connectivity index (χ3n) is 3.90. The SMILES string of the molecule is CCOc1cc(C(=O)Nc2cccc(C#N)c2)ccc1OCc1ccncc1. The van der Waals surface area contributed by atoms with Crippen LogP contribution in [0.15, 0.2) is 67.0 Å². The largest absolute Gasteiger partial charge is 0.490 e. The van der Waals surface area contributed by atoms with E-state index in [-0.39, 0.29) is 5.91 Å². The first-order valence-electron chi connectivity index (χ1n) is 8.79. The summed E-state index contributed by atoms with van der Waals surface area (Å²) in [6, 6.07) is 17.6. The summed E-state index contributed by atoms with van der Waals surface area (Å²) in [7, 11) is 0. The van der Waals surface area contributed by atoms with Gasteiger partial charge in [-0.25, -0.2) is 0 Å². The van der Waals surface area contributed by atoms with Gasteiger partial charge in [0.1, 0.15) is 6.61 Å². The Morgan fingerprint density at radius 3 is 2.64 bits per heavy atom. The quantitative estimate of drug-likeness (QED) is 0.671. The molecule has 1 amide bonds. The molecule has 3 aromatic rings. The molecule has 1 N–H and O–H groups in total. The summed E-state index contributed by atoms with van der Waals surface area (Å²) >= 11 is 0. The highest BCUT2D eigenvalue weighted by molar-refractivity contribution is 6.04. The number of aromatic nitrogens is 1. The number of rotatable bonds is 7. The normalized spacial score (nSPS) is 10.0. The standard InChI is InChI=1S/C22H19N3O3/c1-2-27-21-13-18(22(26)25-19-5-3-4-17(12-19)14-23)6-7-20(21)28-15-16-8-10-24-11-9-16/h3-13H,2,15H2,1H3,(H,25,26). The summed E-state index contributed by atoms with van der Waals surface area (Å²) in [5.41, 5.74) is 2.45. The number of nitrogens with zero attached hydrogens (tertiary/aromatic N) is 2. The summed E-state index contributed by atoms with van der Waals surface area (Å²) in [4.78, 5) is 16.5. The molecule has 140 valence electrons. The first kappa shape index (κ1) is 18.9. The predicted octanol–water partition coefficient (Wildman–Crippen LogP) is 4.18. The molecule has 0 aliphatic heterocycles. The molecule has 0 saturated heterocycles. The van der Waals surface area contributed by atoms with Gasteiger partial charge in [-0.2, -0.15) is 5.26 Å². The molecule has 0 aliphatic rings. The number of amides is 1. The van der Waals surface area contributed by atoms with E-state index in [0.29, 0.717) is 41.5 Å². The number of carbonyl (C=O) groups excluding carboxylic acids is 1. The van der Waals surface area contributed by atoms with E-state index < -0.39 is 0 Å². The molecule has 0 radical (unpaired) electrons. The first-order valence-corrected chi connectivity index (χ1v) is 8.79. The van der Waals surface area contributed by atoms with Gasteiger partial charge in [0.25, 0.3) is 5.91 Å². The summed E-state index contributed by atoms with van der Waals surface area (Å²) in [6.07, 6.45) is 3.41. The highest BCUT2D eigenvalue weighted by Crippen LogP contribution is 2.29. The zero-order valence-electron chi connectivity index (χ0n) is 15.4. The highest BCUT2D eigenvalue weighted by atomic mass is 16.5. The maximum absolute atomic E-state index is 12.6. The average molecular weight is 373 g/mol. The van der Waals surface area contributed by atoms with E-state index in [0.717, 1.165) is 5.56 Å². The molecule has 3 rings (SSSR count). The minimum absolute atomic E-state index is 0.295. The smallest absolute Gasteiger partial charge is 0.255 e. The Hall–Kier alpha value is -3.85. The zero-order valence-corrected chi connectivity index (χ0v) is 15.4. The molecule has 0 saturated carbocycles. The molecule has 0 aliphatic carbocycles. The number of hydrogen-bond donors (Lipinski definition) is 1. The van der Waals surface area contributed by atoms with Crippen molar-refractivity contribution in [1.29, 1.82) is 5.26 Å². The van der Waals surface area contributed by atoms with Crippen LogP contribution in [-0.2, 0) is 6.61 Å². The van der Waals surface area contributed by atoms with Gasteiger partial charge in [0.05, 0.1) is 18.2 Å². The molecule has 0 spiro atoms. The third-order valence-corrected chi connectivity index (χ3v) is 3.90. The fourth-order valence-electron chi connectivity index (χ4n) is 2.55. The van der Waals surface area contributed by atoms with E-state index >= 15 is 0 Å². The van der Waals surface area contributed by atoms with E-state index in [2.05, 4.69) is 10.3 Å². The second-order valence-electron chi connectivity index (χ2n) is 5.89. The monoisotopic (exact) mass is 373 g/mol. The van der Waals surface area contributed by atoms with E-state index in [9.17, 15) is 4.79 Å². The van der Waals surface area contributed by atoms with Crippen LogP contribution in [0.2, 0.25) is 0 Å². The van der Waals surface area contributed by atoms with Crippen LogP contribution < -0.4 is 14.8 Å². The van der Waals surface area contributed by atoms with E-state index in [1.807, 2.05) is 25.1 Å². The lowest BCUT2D eigenvalue weighted by atomic mass is 10.1. The fraction of sp³-hybridized carbons (Fsp3) is 0.136. The van der Waals surface area contributed by atoms with Crippen molar-refractivity contribution in [2.24, 2.45) is 0 Å². The van der Waals surface area contributed by atoms with Crippen LogP contribution in [0.4, 0.5) is 5.69 Å². The zero-order chi connectivity index (χ0) is 19.8. The average Bonchev–Trinajstić information content (AvgIpc) is 2.74. The summed E-state index contributed by atoms with van der Waals surface area (Å²) in [5, 5.41) is 11.8. The van der Waals surface area contributed by atoms with Gasteiger partial charge in [0.15, 0.2) is 11.5 Å². The van der Waals surface area contributed by atoms with Crippen molar-refractivity contribution in [2.45, 2.75) is 13.5 Å². The van der Waals surface area contributed by atoms with E-state index in [4.69, 9.17) is 14.7 Å². The van der Waals surface area contributed by atoms with Gasteiger partial charge in [-0.3, -0.25) is 9.78 Å². The molecule has 2 aromatic carbocycles. The molecule has 0 fully saturated rings. The molecule has 6 heteroatoms. The van der Waals surface area contributed by atoms with Gasteiger partial charge in [-0.15, -0.1) is 0 Å². The number of nitriles is 1. The molecular formula is C22H19N3O3. The van der Waals surface area contributed by atoms with Crippen molar-refractivity contribution in [1.82, 2.24) is 4.98 Å². The summed E-state index contributed by atoms with van der Waals surface area (Å²) in [6.45, 7) is 2.68. The molecule has 0 unspecified atom stereocenters. The van der Waals surface area contributed by atoms with Crippen molar-refractivity contribution in [3.63, 3.8) is 0 Å². The topological polar surface area (TPSA) is 84.2 Å². The number of benzene rings is 2.